The number of likely N-dealkylation sites (tertiary alicyclic amines) is 1. The lowest BCUT2D eigenvalue weighted by atomic mass is 9.91. The predicted octanol–water partition coefficient (Wildman–Crippen LogP) is 2.78. The van der Waals surface area contributed by atoms with Crippen molar-refractivity contribution in [2.45, 2.75) is 50.2 Å². The van der Waals surface area contributed by atoms with Gasteiger partial charge in [-0.2, -0.15) is 0 Å². The van der Waals surface area contributed by atoms with Crippen molar-refractivity contribution in [3.8, 4) is 0 Å². The largest absolute Gasteiger partial charge is 0.391 e. The quantitative estimate of drug-likeness (QED) is 0.866. The molecule has 2 fully saturated rings. The fourth-order valence-corrected chi connectivity index (χ4v) is 3.60. The van der Waals surface area contributed by atoms with Crippen molar-refractivity contribution in [3.05, 3.63) is 35.9 Å². The first kappa shape index (κ1) is 12.2. The van der Waals surface area contributed by atoms with Crippen LogP contribution in [0.3, 0.4) is 0 Å². The summed E-state index contributed by atoms with van der Waals surface area (Å²) in [7, 11) is 0. The van der Waals surface area contributed by atoms with Gasteiger partial charge in [0.05, 0.1) is 6.10 Å². The number of rotatable bonds is 2. The first-order valence-electron chi connectivity index (χ1n) is 7.31. The van der Waals surface area contributed by atoms with E-state index in [9.17, 15) is 5.11 Å². The topological polar surface area (TPSA) is 23.5 Å². The Labute approximate surface area is 110 Å². The number of nitrogens with zero attached hydrogens (tertiary/aromatic N) is 1. The Bertz CT molecular complexity index is 378. The summed E-state index contributed by atoms with van der Waals surface area (Å²) in [5.41, 5.74) is 1.46. The SMILES string of the molecule is O[C@@H]1CCCC[C@H]1N1CC[C@@H](c2ccccc2)C1. The molecule has 1 heterocycles. The smallest absolute Gasteiger partial charge is 0.0695 e. The number of benzene rings is 1. The van der Waals surface area contributed by atoms with Crippen molar-refractivity contribution >= 4 is 0 Å². The Morgan fingerprint density at radius 1 is 1.00 bits per heavy atom. The molecule has 2 nitrogen and oxygen atoms in total. The van der Waals surface area contributed by atoms with E-state index in [1.54, 1.807) is 0 Å². The summed E-state index contributed by atoms with van der Waals surface area (Å²) >= 11 is 0. The van der Waals surface area contributed by atoms with Crippen molar-refractivity contribution in [2.24, 2.45) is 0 Å². The molecule has 98 valence electrons. The molecule has 0 bridgehead atoms. The summed E-state index contributed by atoms with van der Waals surface area (Å²) in [5, 5.41) is 10.1. The van der Waals surface area contributed by atoms with Crippen molar-refractivity contribution in [2.75, 3.05) is 13.1 Å². The van der Waals surface area contributed by atoms with Crippen molar-refractivity contribution < 1.29 is 5.11 Å². The molecule has 2 heteroatoms. The molecule has 2 aliphatic rings. The standard InChI is InChI=1S/C16H23NO/c18-16-9-5-4-8-15(16)17-11-10-14(12-17)13-6-2-1-3-7-13/h1-3,6-7,14-16,18H,4-5,8-12H2/t14-,15-,16-/m1/s1. The number of aliphatic hydroxyl groups is 1. The summed E-state index contributed by atoms with van der Waals surface area (Å²) in [6, 6.07) is 11.3. The monoisotopic (exact) mass is 245 g/mol. The predicted molar refractivity (Wildman–Crippen MR) is 73.6 cm³/mol. The molecule has 1 saturated heterocycles. The summed E-state index contributed by atoms with van der Waals surface area (Å²) in [4.78, 5) is 2.53. The maximum Gasteiger partial charge on any atom is 0.0695 e. The van der Waals surface area contributed by atoms with E-state index in [1.165, 1.54) is 31.2 Å². The van der Waals surface area contributed by atoms with Crippen LogP contribution in [0.4, 0.5) is 0 Å². The van der Waals surface area contributed by atoms with Gasteiger partial charge in [-0.1, -0.05) is 43.2 Å². The number of hydrogen-bond acceptors (Lipinski definition) is 2. The van der Waals surface area contributed by atoms with Crippen LogP contribution in [0.2, 0.25) is 0 Å². The molecule has 3 rings (SSSR count). The minimum atomic E-state index is -0.0896. The molecular weight excluding hydrogens is 222 g/mol. The molecule has 3 atom stereocenters. The van der Waals surface area contributed by atoms with Crippen molar-refractivity contribution in [1.29, 1.82) is 0 Å². The van der Waals surface area contributed by atoms with E-state index in [4.69, 9.17) is 0 Å². The van der Waals surface area contributed by atoms with E-state index in [0.29, 0.717) is 12.0 Å². The van der Waals surface area contributed by atoms with E-state index in [-0.39, 0.29) is 6.10 Å². The van der Waals surface area contributed by atoms with E-state index >= 15 is 0 Å². The molecule has 1 N–H and O–H groups in total. The fraction of sp³-hybridized carbons (Fsp3) is 0.625. The highest BCUT2D eigenvalue weighted by Crippen LogP contribution is 2.32. The first-order chi connectivity index (χ1) is 8.84. The number of hydrogen-bond donors (Lipinski definition) is 1. The minimum absolute atomic E-state index is 0.0896. The fourth-order valence-electron chi connectivity index (χ4n) is 3.60. The lowest BCUT2D eigenvalue weighted by molar-refractivity contribution is 0.0305. The van der Waals surface area contributed by atoms with Gasteiger partial charge in [-0.3, -0.25) is 4.90 Å². The van der Waals surface area contributed by atoms with Gasteiger partial charge >= 0.3 is 0 Å². The van der Waals surface area contributed by atoms with Gasteiger partial charge in [-0.05, 0) is 37.3 Å². The van der Waals surface area contributed by atoms with Crippen molar-refractivity contribution in [1.82, 2.24) is 4.90 Å². The third-order valence-electron chi connectivity index (χ3n) is 4.65. The van der Waals surface area contributed by atoms with Crippen LogP contribution in [0.25, 0.3) is 0 Å². The number of aliphatic hydroxyl groups excluding tert-OH is 1. The van der Waals surface area contributed by atoms with Gasteiger partial charge in [0.2, 0.25) is 0 Å². The van der Waals surface area contributed by atoms with E-state index in [0.717, 1.165) is 19.5 Å². The van der Waals surface area contributed by atoms with E-state index in [2.05, 4.69) is 35.2 Å². The lowest BCUT2D eigenvalue weighted by Gasteiger charge is -2.35. The average Bonchev–Trinajstić information content (AvgIpc) is 2.90. The second kappa shape index (κ2) is 5.41. The van der Waals surface area contributed by atoms with Gasteiger partial charge in [-0.15, -0.1) is 0 Å². The van der Waals surface area contributed by atoms with Crippen LogP contribution in [0.15, 0.2) is 30.3 Å². The zero-order valence-electron chi connectivity index (χ0n) is 11.0. The molecule has 18 heavy (non-hydrogen) atoms. The normalized spacial score (nSPS) is 33.7. The van der Waals surface area contributed by atoms with Crippen LogP contribution in [0, 0.1) is 0 Å². The molecular formula is C16H23NO. The molecule has 0 radical (unpaired) electrons. The van der Waals surface area contributed by atoms with Gasteiger partial charge < -0.3 is 5.11 Å². The maximum atomic E-state index is 10.1. The molecule has 0 aromatic heterocycles. The van der Waals surface area contributed by atoms with Gasteiger partial charge in [0.1, 0.15) is 0 Å². The van der Waals surface area contributed by atoms with E-state index in [1.807, 2.05) is 0 Å². The van der Waals surface area contributed by atoms with Crippen LogP contribution in [0.1, 0.15) is 43.6 Å². The van der Waals surface area contributed by atoms with E-state index < -0.39 is 0 Å². The second-order valence-electron chi connectivity index (χ2n) is 5.81. The minimum Gasteiger partial charge on any atom is -0.391 e. The molecule has 1 aromatic rings. The van der Waals surface area contributed by atoms with Crippen LogP contribution in [-0.2, 0) is 0 Å². The third-order valence-corrected chi connectivity index (χ3v) is 4.65. The third kappa shape index (κ3) is 2.45. The Balaban J connectivity index is 1.64. The molecule has 1 aliphatic heterocycles. The summed E-state index contributed by atoms with van der Waals surface area (Å²) in [5.74, 6) is 0.667. The Hall–Kier alpha value is -0.860. The molecule has 1 saturated carbocycles. The van der Waals surface area contributed by atoms with Crippen LogP contribution in [0.5, 0.6) is 0 Å². The molecule has 1 aromatic carbocycles. The molecule has 1 aliphatic carbocycles. The lowest BCUT2D eigenvalue weighted by Crippen LogP contribution is -2.44. The second-order valence-corrected chi connectivity index (χ2v) is 5.81. The highest BCUT2D eigenvalue weighted by Gasteiger charge is 2.33. The highest BCUT2D eigenvalue weighted by molar-refractivity contribution is 5.21. The van der Waals surface area contributed by atoms with Crippen LogP contribution >= 0.6 is 0 Å². The summed E-state index contributed by atoms with van der Waals surface area (Å²) in [6.45, 7) is 2.28. The Kier molecular flexibility index (Phi) is 3.67. The Morgan fingerprint density at radius 3 is 2.56 bits per heavy atom. The highest BCUT2D eigenvalue weighted by atomic mass is 16.3. The van der Waals surface area contributed by atoms with Gasteiger partial charge in [0.25, 0.3) is 0 Å². The van der Waals surface area contributed by atoms with Gasteiger partial charge in [-0.25, -0.2) is 0 Å². The maximum absolute atomic E-state index is 10.1. The molecule has 0 amide bonds. The zero-order valence-corrected chi connectivity index (χ0v) is 11.0. The van der Waals surface area contributed by atoms with Crippen molar-refractivity contribution in [3.63, 3.8) is 0 Å². The van der Waals surface area contributed by atoms with Gasteiger partial charge in [0, 0.05) is 12.6 Å². The average molecular weight is 245 g/mol. The zero-order chi connectivity index (χ0) is 12.4. The Morgan fingerprint density at radius 2 is 1.78 bits per heavy atom. The summed E-state index contributed by atoms with van der Waals surface area (Å²) in [6.07, 6.45) is 5.82. The van der Waals surface area contributed by atoms with Crippen LogP contribution < -0.4 is 0 Å². The van der Waals surface area contributed by atoms with Gasteiger partial charge in [0.15, 0.2) is 0 Å². The molecule has 0 spiro atoms. The molecule has 0 unspecified atom stereocenters. The van der Waals surface area contributed by atoms with Crippen LogP contribution in [-0.4, -0.2) is 35.2 Å². The summed E-state index contributed by atoms with van der Waals surface area (Å²) < 4.78 is 0. The first-order valence-corrected chi connectivity index (χ1v) is 7.31.